The Labute approximate surface area is 242 Å². The third kappa shape index (κ3) is 6.44. The molecule has 0 spiro atoms. The highest BCUT2D eigenvalue weighted by Gasteiger charge is 2.21. The van der Waals surface area contributed by atoms with Crippen LogP contribution in [0.1, 0.15) is 34.2 Å². The van der Waals surface area contributed by atoms with Crippen molar-refractivity contribution in [1.82, 2.24) is 19.9 Å². The van der Waals surface area contributed by atoms with Gasteiger partial charge < -0.3 is 15.0 Å². The standard InChI is InChI=1S/C30H28N6O5S/c1-17-5-7-21(8-6-17)27-34-25-14-9-22(16-26(25)35-27)29(38)41-20(4)28(37)33-23-10-12-24(13-11-23)42(39,40)36-30-31-18(2)15-19(3)32-30/h5-16,20H,1-4H3,(H,33,37)(H,34,35)(H,31,32,36). The van der Waals surface area contributed by atoms with Crippen molar-refractivity contribution < 1.29 is 22.7 Å². The second-order valence-corrected chi connectivity index (χ2v) is 11.5. The molecule has 2 aromatic heterocycles. The van der Waals surface area contributed by atoms with Gasteiger partial charge in [0.1, 0.15) is 5.82 Å². The molecule has 11 nitrogen and oxygen atoms in total. The molecule has 1 atom stereocenters. The molecular weight excluding hydrogens is 556 g/mol. The van der Waals surface area contributed by atoms with Gasteiger partial charge in [0.2, 0.25) is 5.95 Å². The van der Waals surface area contributed by atoms with Crippen LogP contribution in [-0.4, -0.2) is 46.3 Å². The highest BCUT2D eigenvalue weighted by Crippen LogP contribution is 2.23. The Balaban J connectivity index is 1.21. The number of hydrogen-bond acceptors (Lipinski definition) is 8. The molecule has 0 aliphatic heterocycles. The molecule has 0 aliphatic rings. The number of benzene rings is 3. The average Bonchev–Trinajstić information content (AvgIpc) is 3.36. The minimum absolute atomic E-state index is 0.0288. The number of ether oxygens (including phenoxy) is 1. The van der Waals surface area contributed by atoms with Crippen molar-refractivity contribution in [2.24, 2.45) is 0 Å². The minimum Gasteiger partial charge on any atom is -0.449 e. The van der Waals surface area contributed by atoms with E-state index < -0.39 is 28.0 Å². The Morgan fingerprint density at radius 3 is 2.19 bits per heavy atom. The number of nitrogens with zero attached hydrogens (tertiary/aromatic N) is 3. The zero-order valence-electron chi connectivity index (χ0n) is 23.3. The number of H-pyrrole nitrogens is 1. The largest absolute Gasteiger partial charge is 0.449 e. The van der Waals surface area contributed by atoms with Crippen LogP contribution in [0.4, 0.5) is 11.6 Å². The fourth-order valence-electron chi connectivity index (χ4n) is 4.18. The van der Waals surface area contributed by atoms with Crippen LogP contribution in [0.25, 0.3) is 22.4 Å². The number of aromatic nitrogens is 4. The average molecular weight is 585 g/mol. The van der Waals surface area contributed by atoms with Crippen molar-refractivity contribution in [3.63, 3.8) is 0 Å². The highest BCUT2D eigenvalue weighted by molar-refractivity contribution is 7.92. The molecule has 5 rings (SSSR count). The monoisotopic (exact) mass is 584 g/mol. The number of esters is 1. The molecule has 0 aliphatic carbocycles. The van der Waals surface area contributed by atoms with Crippen LogP contribution >= 0.6 is 0 Å². The third-order valence-electron chi connectivity index (χ3n) is 6.34. The highest BCUT2D eigenvalue weighted by atomic mass is 32.2. The van der Waals surface area contributed by atoms with Gasteiger partial charge in [0.25, 0.3) is 15.9 Å². The third-order valence-corrected chi connectivity index (χ3v) is 7.68. The lowest BCUT2D eigenvalue weighted by Gasteiger charge is -2.14. The maximum Gasteiger partial charge on any atom is 0.338 e. The predicted molar refractivity (Wildman–Crippen MR) is 159 cm³/mol. The van der Waals surface area contributed by atoms with Crippen LogP contribution in [0, 0.1) is 20.8 Å². The molecule has 3 N–H and O–H groups in total. The van der Waals surface area contributed by atoms with Gasteiger partial charge in [0.05, 0.1) is 21.5 Å². The van der Waals surface area contributed by atoms with Gasteiger partial charge in [-0.05, 0) is 76.2 Å². The minimum atomic E-state index is -3.95. The Morgan fingerprint density at radius 2 is 1.52 bits per heavy atom. The lowest BCUT2D eigenvalue weighted by Crippen LogP contribution is -2.30. The van der Waals surface area contributed by atoms with Crippen LogP contribution in [0.15, 0.2) is 77.7 Å². The molecule has 0 bridgehead atoms. The molecule has 0 fully saturated rings. The van der Waals surface area contributed by atoms with Gasteiger partial charge in [-0.3, -0.25) is 4.79 Å². The number of hydrogen-bond donors (Lipinski definition) is 3. The van der Waals surface area contributed by atoms with Crippen molar-refractivity contribution in [1.29, 1.82) is 0 Å². The number of nitrogens with one attached hydrogen (secondary N) is 3. The van der Waals surface area contributed by atoms with Gasteiger partial charge in [-0.2, -0.15) is 0 Å². The van der Waals surface area contributed by atoms with Crippen molar-refractivity contribution >= 4 is 44.6 Å². The molecule has 0 saturated heterocycles. The SMILES string of the molecule is Cc1ccc(-c2nc3ccc(C(=O)OC(C)C(=O)Nc4ccc(S(=O)(=O)Nc5nc(C)cc(C)n5)cc4)cc3[nH]2)cc1. The summed E-state index contributed by atoms with van der Waals surface area (Å²) in [5, 5.41) is 2.62. The van der Waals surface area contributed by atoms with E-state index in [2.05, 4.69) is 30.0 Å². The maximum atomic E-state index is 12.8. The van der Waals surface area contributed by atoms with Crippen LogP contribution in [0.2, 0.25) is 0 Å². The van der Waals surface area contributed by atoms with E-state index in [0.29, 0.717) is 33.9 Å². The zero-order valence-corrected chi connectivity index (χ0v) is 24.1. The summed E-state index contributed by atoms with van der Waals surface area (Å²) in [7, 11) is -3.95. The summed E-state index contributed by atoms with van der Waals surface area (Å²) in [6.45, 7) is 6.93. The summed E-state index contributed by atoms with van der Waals surface area (Å²) in [5.74, 6) is -0.604. The van der Waals surface area contributed by atoms with Crippen LogP contribution in [0.3, 0.4) is 0 Å². The number of aryl methyl sites for hydroxylation is 3. The number of aromatic amines is 1. The number of amides is 1. The molecule has 0 radical (unpaired) electrons. The summed E-state index contributed by atoms with van der Waals surface area (Å²) in [4.78, 5) is 41.4. The number of sulfonamides is 1. The summed E-state index contributed by atoms with van der Waals surface area (Å²) in [6, 6.07) is 20.1. The van der Waals surface area contributed by atoms with E-state index >= 15 is 0 Å². The molecule has 3 aromatic carbocycles. The summed E-state index contributed by atoms with van der Waals surface area (Å²) in [5.41, 5.74) is 5.25. The summed E-state index contributed by atoms with van der Waals surface area (Å²) >= 11 is 0. The predicted octanol–water partition coefficient (Wildman–Crippen LogP) is 4.93. The van der Waals surface area contributed by atoms with Crippen molar-refractivity contribution in [2.75, 3.05) is 10.0 Å². The summed E-state index contributed by atoms with van der Waals surface area (Å²) in [6.07, 6.45) is -1.12. The first-order chi connectivity index (χ1) is 20.0. The number of rotatable bonds is 8. The molecule has 2 heterocycles. The van der Waals surface area contributed by atoms with Crippen LogP contribution in [0.5, 0.6) is 0 Å². The molecule has 1 unspecified atom stereocenters. The van der Waals surface area contributed by atoms with E-state index in [-0.39, 0.29) is 16.4 Å². The van der Waals surface area contributed by atoms with Gasteiger partial charge in [0, 0.05) is 22.6 Å². The zero-order chi connectivity index (χ0) is 30.0. The van der Waals surface area contributed by atoms with Crippen LogP contribution in [-0.2, 0) is 19.6 Å². The van der Waals surface area contributed by atoms with E-state index in [4.69, 9.17) is 4.74 Å². The molecule has 42 heavy (non-hydrogen) atoms. The number of anilines is 2. The topological polar surface area (TPSA) is 156 Å². The van der Waals surface area contributed by atoms with Crippen LogP contribution < -0.4 is 10.0 Å². The van der Waals surface area contributed by atoms with Gasteiger partial charge in [-0.15, -0.1) is 0 Å². The van der Waals surface area contributed by atoms with E-state index in [1.54, 1.807) is 38.1 Å². The van der Waals surface area contributed by atoms with Gasteiger partial charge in [-0.1, -0.05) is 29.8 Å². The van der Waals surface area contributed by atoms with E-state index in [1.165, 1.54) is 31.2 Å². The first-order valence-corrected chi connectivity index (χ1v) is 14.5. The van der Waals surface area contributed by atoms with E-state index in [9.17, 15) is 18.0 Å². The Morgan fingerprint density at radius 1 is 0.857 bits per heavy atom. The lowest BCUT2D eigenvalue weighted by molar-refractivity contribution is -0.123. The number of carbonyl (C=O) groups is 2. The first kappa shape index (κ1) is 28.4. The van der Waals surface area contributed by atoms with Crippen molar-refractivity contribution in [3.8, 4) is 11.4 Å². The molecular formula is C30H28N6O5S. The van der Waals surface area contributed by atoms with Crippen molar-refractivity contribution in [3.05, 3.63) is 95.3 Å². The lowest BCUT2D eigenvalue weighted by atomic mass is 10.1. The van der Waals surface area contributed by atoms with Crippen molar-refractivity contribution in [2.45, 2.75) is 38.7 Å². The molecule has 214 valence electrons. The Hall–Kier alpha value is -5.10. The number of fused-ring (bicyclic) bond motifs is 1. The quantitative estimate of drug-likeness (QED) is 0.217. The number of imidazole rings is 1. The molecule has 12 heteroatoms. The fourth-order valence-corrected chi connectivity index (χ4v) is 5.12. The van der Waals surface area contributed by atoms with E-state index in [0.717, 1.165) is 11.1 Å². The normalized spacial score (nSPS) is 12.1. The van der Waals surface area contributed by atoms with Gasteiger partial charge in [0.15, 0.2) is 6.10 Å². The van der Waals surface area contributed by atoms with Gasteiger partial charge >= 0.3 is 5.97 Å². The number of carbonyl (C=O) groups excluding carboxylic acids is 2. The van der Waals surface area contributed by atoms with Gasteiger partial charge in [-0.25, -0.2) is 32.9 Å². The molecule has 0 saturated carbocycles. The van der Waals surface area contributed by atoms with E-state index in [1.807, 2.05) is 31.2 Å². The summed E-state index contributed by atoms with van der Waals surface area (Å²) < 4.78 is 33.2. The Bertz CT molecular complexity index is 1880. The smallest absolute Gasteiger partial charge is 0.338 e. The second kappa shape index (κ2) is 11.4. The second-order valence-electron chi connectivity index (χ2n) is 9.82. The maximum absolute atomic E-state index is 12.8. The molecule has 1 amide bonds. The first-order valence-electron chi connectivity index (χ1n) is 13.0. The Kier molecular flexibility index (Phi) is 7.72. The molecule has 5 aromatic rings. The fraction of sp³-hybridized carbons (Fsp3) is 0.167.